The molecule has 0 spiro atoms. The van der Waals surface area contributed by atoms with Crippen LogP contribution in [0.2, 0.25) is 5.15 Å². The molecule has 1 aliphatic rings. The molecule has 0 fully saturated rings. The lowest BCUT2D eigenvalue weighted by molar-refractivity contribution is -0.517. The van der Waals surface area contributed by atoms with Gasteiger partial charge in [0.25, 0.3) is 0 Å². The Kier molecular flexibility index (Phi) is 4.53. The van der Waals surface area contributed by atoms with Crippen LogP contribution >= 0.6 is 11.6 Å². The van der Waals surface area contributed by atoms with Crippen molar-refractivity contribution >= 4 is 34.7 Å². The lowest BCUT2D eigenvalue weighted by Gasteiger charge is -2.16. The molecule has 0 saturated heterocycles. The molecule has 25 heavy (non-hydrogen) atoms. The molecule has 10 nitrogen and oxygen atoms in total. The Morgan fingerprint density at radius 1 is 1.56 bits per heavy atom. The van der Waals surface area contributed by atoms with Crippen molar-refractivity contribution in [1.29, 1.82) is 0 Å². The van der Waals surface area contributed by atoms with Gasteiger partial charge in [-0.05, 0) is 13.3 Å². The zero-order valence-electron chi connectivity index (χ0n) is 13.2. The number of halogens is 1. The van der Waals surface area contributed by atoms with Crippen LogP contribution in [0.25, 0.3) is 11.2 Å². The van der Waals surface area contributed by atoms with Gasteiger partial charge in [0, 0.05) is 4.92 Å². The number of nitrogen functional groups attached to an aromatic ring is 1. The fraction of sp³-hybridized carbons (Fsp3) is 0.429. The molecule has 3 rings (SSSR count). The predicted octanol–water partition coefficient (Wildman–Crippen LogP) is 1.39. The number of anilines is 1. The second-order valence-corrected chi connectivity index (χ2v) is 5.89. The molecule has 1 aliphatic carbocycles. The number of ether oxygens (including phenoxy) is 1. The molecule has 1 unspecified atom stereocenters. The summed E-state index contributed by atoms with van der Waals surface area (Å²) in [5.41, 5.74) is 6.45. The van der Waals surface area contributed by atoms with Gasteiger partial charge in [0.15, 0.2) is 10.8 Å². The van der Waals surface area contributed by atoms with Crippen molar-refractivity contribution in [3.05, 3.63) is 33.7 Å². The van der Waals surface area contributed by atoms with E-state index in [1.807, 2.05) is 0 Å². The molecule has 0 aliphatic heterocycles. The van der Waals surface area contributed by atoms with E-state index in [9.17, 15) is 14.9 Å². The van der Waals surface area contributed by atoms with E-state index in [2.05, 4.69) is 15.0 Å². The molecule has 2 N–H and O–H groups in total. The van der Waals surface area contributed by atoms with E-state index >= 15 is 0 Å². The average Bonchev–Trinajstić information content (AvgIpc) is 3.14. The van der Waals surface area contributed by atoms with Crippen LogP contribution in [0.1, 0.15) is 19.4 Å². The van der Waals surface area contributed by atoms with E-state index in [1.165, 1.54) is 6.33 Å². The normalized spacial score (nSPS) is 20.7. The maximum absolute atomic E-state index is 11.9. The van der Waals surface area contributed by atoms with Gasteiger partial charge in [0.1, 0.15) is 5.52 Å². The van der Waals surface area contributed by atoms with E-state index in [4.69, 9.17) is 22.1 Å². The van der Waals surface area contributed by atoms with Crippen molar-refractivity contribution in [3.8, 4) is 0 Å². The highest BCUT2D eigenvalue weighted by Gasteiger charge is 2.42. The van der Waals surface area contributed by atoms with Crippen LogP contribution in [-0.4, -0.2) is 43.1 Å². The molecule has 2 aromatic rings. The number of imidazole rings is 1. The summed E-state index contributed by atoms with van der Waals surface area (Å²) in [4.78, 5) is 34.7. The van der Waals surface area contributed by atoms with E-state index in [-0.39, 0.29) is 23.8 Å². The number of nitrogens with zero attached hydrogens (tertiary/aromatic N) is 5. The van der Waals surface area contributed by atoms with Crippen LogP contribution in [0, 0.1) is 16.0 Å². The molecular weight excluding hydrogens is 352 g/mol. The highest BCUT2D eigenvalue weighted by atomic mass is 35.5. The van der Waals surface area contributed by atoms with E-state index in [0.717, 1.165) is 0 Å². The van der Waals surface area contributed by atoms with Gasteiger partial charge in [-0.25, -0.2) is 9.78 Å². The monoisotopic (exact) mass is 366 g/mol. The molecule has 2 aromatic heterocycles. The second-order valence-electron chi connectivity index (χ2n) is 5.53. The quantitative estimate of drug-likeness (QED) is 0.275. The first-order valence-electron chi connectivity index (χ1n) is 7.56. The zero-order chi connectivity index (χ0) is 18.1. The number of esters is 1. The van der Waals surface area contributed by atoms with Crippen LogP contribution in [0.4, 0.5) is 5.95 Å². The molecule has 132 valence electrons. The summed E-state index contributed by atoms with van der Waals surface area (Å²) in [5.74, 6) is -1.42. The van der Waals surface area contributed by atoms with E-state index < -0.39 is 22.9 Å². The van der Waals surface area contributed by atoms with Crippen molar-refractivity contribution in [1.82, 2.24) is 19.5 Å². The van der Waals surface area contributed by atoms with Crippen molar-refractivity contribution < 1.29 is 14.5 Å². The van der Waals surface area contributed by atoms with Crippen molar-refractivity contribution in [3.63, 3.8) is 0 Å². The fourth-order valence-electron chi connectivity index (χ4n) is 2.93. The Labute approximate surface area is 146 Å². The predicted molar refractivity (Wildman–Crippen MR) is 88.4 cm³/mol. The summed E-state index contributed by atoms with van der Waals surface area (Å²) in [7, 11) is 0. The lowest BCUT2D eigenvalue weighted by atomic mass is 9.99. The molecule has 0 aromatic carbocycles. The van der Waals surface area contributed by atoms with Crippen LogP contribution in [-0.2, 0) is 9.53 Å². The van der Waals surface area contributed by atoms with Crippen LogP contribution in [0.5, 0.6) is 0 Å². The van der Waals surface area contributed by atoms with Crippen LogP contribution in [0.15, 0.2) is 18.5 Å². The minimum Gasteiger partial charge on any atom is -0.461 e. The second kappa shape index (κ2) is 6.63. The van der Waals surface area contributed by atoms with Gasteiger partial charge >= 0.3 is 12.0 Å². The van der Waals surface area contributed by atoms with Crippen molar-refractivity contribution in [2.24, 2.45) is 5.92 Å². The summed E-state index contributed by atoms with van der Waals surface area (Å²) >= 11 is 6.00. The third kappa shape index (κ3) is 3.12. The van der Waals surface area contributed by atoms with Crippen LogP contribution < -0.4 is 5.73 Å². The standard InChI is InChI=1S/C14H15ClN6O4/c1-2-25-13(22)10(21(23)24)7-3-4-8(5-7)20-6-17-9-11(15)18-14(16)19-12(9)20/h3-4,6-8,10H,2,5H2,1H3,(H2,16,18,19)/t7-,8+,10?/m1/s1. The Balaban J connectivity index is 1.87. The summed E-state index contributed by atoms with van der Waals surface area (Å²) in [5, 5.41) is 11.4. The Morgan fingerprint density at radius 3 is 3.00 bits per heavy atom. The molecule has 0 saturated carbocycles. The van der Waals surface area contributed by atoms with Gasteiger partial charge in [-0.15, -0.1) is 0 Å². The molecule has 2 heterocycles. The fourth-order valence-corrected chi connectivity index (χ4v) is 3.15. The van der Waals surface area contributed by atoms with Crippen molar-refractivity contribution in [2.75, 3.05) is 12.3 Å². The lowest BCUT2D eigenvalue weighted by Crippen LogP contribution is -2.37. The molecule has 11 heteroatoms. The van der Waals surface area contributed by atoms with Gasteiger partial charge in [-0.3, -0.25) is 10.1 Å². The number of nitrogens with two attached hydrogens (primary N) is 1. The number of rotatable bonds is 5. The Bertz CT molecular complexity index is 866. The van der Waals surface area contributed by atoms with Gasteiger partial charge in [0.05, 0.1) is 24.9 Å². The van der Waals surface area contributed by atoms with Crippen molar-refractivity contribution in [2.45, 2.75) is 25.4 Å². The minimum absolute atomic E-state index is 0.00691. The number of allylic oxidation sites excluding steroid dienone is 1. The highest BCUT2D eigenvalue weighted by molar-refractivity contribution is 6.33. The molecular formula is C14H15ClN6O4. The first-order valence-corrected chi connectivity index (χ1v) is 7.94. The number of fused-ring (bicyclic) bond motifs is 1. The number of nitro groups is 1. The summed E-state index contributed by atoms with van der Waals surface area (Å²) < 4.78 is 6.52. The zero-order valence-corrected chi connectivity index (χ0v) is 14.0. The average molecular weight is 367 g/mol. The van der Waals surface area contributed by atoms with Crippen LogP contribution in [0.3, 0.4) is 0 Å². The maximum atomic E-state index is 11.9. The largest absolute Gasteiger partial charge is 0.461 e. The minimum atomic E-state index is -1.45. The van der Waals surface area contributed by atoms with E-state index in [1.54, 1.807) is 23.6 Å². The maximum Gasteiger partial charge on any atom is 0.382 e. The summed E-state index contributed by atoms with van der Waals surface area (Å²) in [6.07, 6.45) is 5.27. The Hall–Kier alpha value is -2.75. The first kappa shape index (κ1) is 17.1. The number of aromatic nitrogens is 4. The molecule has 0 radical (unpaired) electrons. The van der Waals surface area contributed by atoms with Gasteiger partial charge in [-0.2, -0.15) is 9.97 Å². The smallest absolute Gasteiger partial charge is 0.382 e. The number of hydrogen-bond acceptors (Lipinski definition) is 8. The van der Waals surface area contributed by atoms with Gasteiger partial charge in [0.2, 0.25) is 5.95 Å². The Morgan fingerprint density at radius 2 is 2.32 bits per heavy atom. The molecule has 0 amide bonds. The SMILES string of the molecule is CCOC(=O)C([C@@H]1C=C[C@H](n2cnc3c(Cl)nc(N)nc32)C1)[N+](=O)[O-]. The molecule has 0 bridgehead atoms. The number of carbonyl (C=O) groups excluding carboxylic acids is 1. The number of carbonyl (C=O) groups is 1. The third-order valence-electron chi connectivity index (χ3n) is 4.01. The number of hydrogen-bond donors (Lipinski definition) is 1. The third-order valence-corrected chi connectivity index (χ3v) is 4.27. The first-order chi connectivity index (χ1) is 11.9. The topological polar surface area (TPSA) is 139 Å². The van der Waals surface area contributed by atoms with Gasteiger partial charge < -0.3 is 15.0 Å². The molecule has 3 atom stereocenters. The highest BCUT2D eigenvalue weighted by Crippen LogP contribution is 2.34. The van der Waals surface area contributed by atoms with E-state index in [0.29, 0.717) is 17.6 Å². The summed E-state index contributed by atoms with van der Waals surface area (Å²) in [6.45, 7) is 1.69. The summed E-state index contributed by atoms with van der Waals surface area (Å²) in [6, 6.07) is -1.71. The van der Waals surface area contributed by atoms with Gasteiger partial charge in [-0.1, -0.05) is 23.8 Å².